The van der Waals surface area contributed by atoms with Gasteiger partial charge in [0.25, 0.3) is 15.9 Å². The summed E-state index contributed by atoms with van der Waals surface area (Å²) < 4.78 is 33.1. The molecule has 1 amide bonds. The minimum atomic E-state index is -4.08. The summed E-state index contributed by atoms with van der Waals surface area (Å²) in [4.78, 5) is 12.6. The molecule has 0 spiro atoms. The van der Waals surface area contributed by atoms with E-state index in [0.717, 1.165) is 9.87 Å². The molecule has 8 nitrogen and oxygen atoms in total. The number of nitrogens with one attached hydrogen (secondary N) is 1. The second kappa shape index (κ2) is 9.97. The summed E-state index contributed by atoms with van der Waals surface area (Å²) in [6.07, 6.45) is 1.27. The number of phenolic OH excluding ortho intramolecular Hbond substituents is 1. The van der Waals surface area contributed by atoms with Crippen LogP contribution in [-0.2, 0) is 14.8 Å². The Morgan fingerprint density at radius 2 is 1.72 bits per heavy atom. The molecule has 0 aromatic heterocycles. The third kappa shape index (κ3) is 5.25. The number of anilines is 1. The average Bonchev–Trinajstić information content (AvgIpc) is 2.79. The molecule has 0 aliphatic carbocycles. The van der Waals surface area contributed by atoms with Crippen molar-refractivity contribution >= 4 is 27.8 Å². The number of aromatic hydroxyl groups is 1. The lowest BCUT2D eigenvalue weighted by Crippen LogP contribution is -2.39. The molecule has 0 aliphatic heterocycles. The predicted octanol–water partition coefficient (Wildman–Crippen LogP) is 3.05. The molecule has 0 aliphatic rings. The minimum Gasteiger partial charge on any atom is -0.507 e. The molecule has 166 valence electrons. The third-order valence-electron chi connectivity index (χ3n) is 4.58. The van der Waals surface area contributed by atoms with E-state index < -0.39 is 22.5 Å². The lowest BCUT2D eigenvalue weighted by molar-refractivity contribution is -0.119. The molecule has 0 heterocycles. The van der Waals surface area contributed by atoms with E-state index in [4.69, 9.17) is 4.74 Å². The zero-order chi connectivity index (χ0) is 23.1. The summed E-state index contributed by atoms with van der Waals surface area (Å²) in [5.74, 6) is -0.366. The topological polar surface area (TPSA) is 108 Å². The number of aryl methyl sites for hydroxylation is 1. The van der Waals surface area contributed by atoms with Gasteiger partial charge < -0.3 is 9.84 Å². The number of phenols is 1. The maximum atomic E-state index is 13.4. The van der Waals surface area contributed by atoms with Gasteiger partial charge in [-0.15, -0.1) is 0 Å². The third-order valence-corrected chi connectivity index (χ3v) is 6.35. The van der Waals surface area contributed by atoms with E-state index >= 15 is 0 Å². The molecule has 0 atom stereocenters. The molecule has 32 heavy (non-hydrogen) atoms. The van der Waals surface area contributed by atoms with Gasteiger partial charge in [0.05, 0.1) is 23.9 Å². The number of carbonyl (C=O) groups is 1. The van der Waals surface area contributed by atoms with Gasteiger partial charge >= 0.3 is 0 Å². The number of benzene rings is 3. The van der Waals surface area contributed by atoms with E-state index in [-0.39, 0.29) is 16.3 Å². The summed E-state index contributed by atoms with van der Waals surface area (Å²) in [6, 6.07) is 19.3. The Balaban J connectivity index is 1.90. The van der Waals surface area contributed by atoms with Crippen molar-refractivity contribution in [2.24, 2.45) is 5.10 Å². The number of sulfonamides is 1. The zero-order valence-corrected chi connectivity index (χ0v) is 18.4. The van der Waals surface area contributed by atoms with Crippen molar-refractivity contribution in [3.05, 3.63) is 83.9 Å². The fraction of sp³-hybridized carbons (Fsp3) is 0.130. The normalized spacial score (nSPS) is 11.3. The van der Waals surface area contributed by atoms with Gasteiger partial charge in [0.15, 0.2) is 0 Å². The smallest absolute Gasteiger partial charge is 0.264 e. The van der Waals surface area contributed by atoms with Crippen molar-refractivity contribution in [2.75, 3.05) is 18.0 Å². The SMILES string of the molecule is COc1ccccc1N(CC(=O)N/N=C\c1ccccc1O)S(=O)(=O)c1ccc(C)cc1. The van der Waals surface area contributed by atoms with Crippen LogP contribution in [0.1, 0.15) is 11.1 Å². The van der Waals surface area contributed by atoms with Gasteiger partial charge in [-0.2, -0.15) is 5.10 Å². The van der Waals surface area contributed by atoms with Crippen LogP contribution in [0.5, 0.6) is 11.5 Å². The fourth-order valence-electron chi connectivity index (χ4n) is 2.91. The van der Waals surface area contributed by atoms with Crippen LogP contribution in [0.4, 0.5) is 5.69 Å². The first kappa shape index (κ1) is 22.8. The number of rotatable bonds is 8. The van der Waals surface area contributed by atoms with Crippen LogP contribution in [0, 0.1) is 6.92 Å². The van der Waals surface area contributed by atoms with Crippen LogP contribution >= 0.6 is 0 Å². The number of carbonyl (C=O) groups excluding carboxylic acids is 1. The summed E-state index contributed by atoms with van der Waals surface area (Å²) in [6.45, 7) is 1.32. The molecule has 0 unspecified atom stereocenters. The Kier molecular flexibility index (Phi) is 7.11. The highest BCUT2D eigenvalue weighted by Gasteiger charge is 2.29. The van der Waals surface area contributed by atoms with Crippen LogP contribution in [-0.4, -0.2) is 39.3 Å². The number of hydrogen-bond acceptors (Lipinski definition) is 6. The van der Waals surface area contributed by atoms with Crippen LogP contribution in [0.15, 0.2) is 82.8 Å². The Bertz CT molecular complexity index is 1220. The number of amides is 1. The Morgan fingerprint density at radius 1 is 1.06 bits per heavy atom. The van der Waals surface area contributed by atoms with Gasteiger partial charge in [0.2, 0.25) is 0 Å². The second-order valence-electron chi connectivity index (χ2n) is 6.85. The van der Waals surface area contributed by atoms with E-state index in [9.17, 15) is 18.3 Å². The molecule has 9 heteroatoms. The molecule has 0 fully saturated rings. The van der Waals surface area contributed by atoms with E-state index in [0.29, 0.717) is 11.3 Å². The first-order valence-corrected chi connectivity index (χ1v) is 11.1. The average molecular weight is 454 g/mol. The van der Waals surface area contributed by atoms with Crippen molar-refractivity contribution < 1.29 is 23.1 Å². The van der Waals surface area contributed by atoms with Gasteiger partial charge in [0.1, 0.15) is 18.0 Å². The van der Waals surface area contributed by atoms with E-state index in [1.54, 1.807) is 54.6 Å². The van der Waals surface area contributed by atoms with Crippen molar-refractivity contribution in [3.63, 3.8) is 0 Å². The number of para-hydroxylation sites is 3. The number of hydrazone groups is 1. The summed E-state index contributed by atoms with van der Waals surface area (Å²) in [5.41, 5.74) is 3.83. The summed E-state index contributed by atoms with van der Waals surface area (Å²) in [5, 5.41) is 13.6. The van der Waals surface area contributed by atoms with Gasteiger partial charge in [-0.05, 0) is 43.3 Å². The first-order chi connectivity index (χ1) is 15.3. The summed E-state index contributed by atoms with van der Waals surface area (Å²) >= 11 is 0. The van der Waals surface area contributed by atoms with Crippen molar-refractivity contribution in [3.8, 4) is 11.5 Å². The lowest BCUT2D eigenvalue weighted by Gasteiger charge is -2.25. The highest BCUT2D eigenvalue weighted by molar-refractivity contribution is 7.92. The van der Waals surface area contributed by atoms with Crippen LogP contribution in [0.25, 0.3) is 0 Å². The van der Waals surface area contributed by atoms with E-state index in [1.807, 2.05) is 6.92 Å². The highest BCUT2D eigenvalue weighted by atomic mass is 32.2. The van der Waals surface area contributed by atoms with Gasteiger partial charge in [-0.3, -0.25) is 9.10 Å². The van der Waals surface area contributed by atoms with Crippen LogP contribution in [0.3, 0.4) is 0 Å². The Morgan fingerprint density at radius 3 is 2.41 bits per heavy atom. The molecule has 0 saturated heterocycles. The van der Waals surface area contributed by atoms with E-state index in [2.05, 4.69) is 10.5 Å². The molecular weight excluding hydrogens is 430 g/mol. The molecule has 2 N–H and O–H groups in total. The Labute approximate surface area is 186 Å². The quantitative estimate of drug-likeness (QED) is 0.403. The predicted molar refractivity (Wildman–Crippen MR) is 123 cm³/mol. The molecular formula is C23H23N3O5S. The Hall–Kier alpha value is -3.85. The maximum absolute atomic E-state index is 13.4. The molecule has 3 rings (SSSR count). The number of ether oxygens (including phenoxy) is 1. The van der Waals surface area contributed by atoms with Crippen molar-refractivity contribution in [2.45, 2.75) is 11.8 Å². The van der Waals surface area contributed by atoms with Crippen LogP contribution < -0.4 is 14.5 Å². The lowest BCUT2D eigenvalue weighted by atomic mass is 10.2. The highest BCUT2D eigenvalue weighted by Crippen LogP contribution is 2.32. The van der Waals surface area contributed by atoms with Gasteiger partial charge in [0, 0.05) is 5.56 Å². The first-order valence-electron chi connectivity index (χ1n) is 9.65. The summed E-state index contributed by atoms with van der Waals surface area (Å²) in [7, 11) is -2.66. The molecule has 3 aromatic rings. The minimum absolute atomic E-state index is 0.00287. The van der Waals surface area contributed by atoms with Crippen LogP contribution in [0.2, 0.25) is 0 Å². The molecule has 0 radical (unpaired) electrons. The standard InChI is InChI=1S/C23H23N3O5S/c1-17-11-13-19(14-12-17)32(29,30)26(20-8-4-6-10-22(20)31-2)16-23(28)25-24-15-18-7-3-5-9-21(18)27/h3-15,27H,16H2,1-2H3,(H,25,28)/b24-15-. The van der Waals surface area contributed by atoms with E-state index in [1.165, 1.54) is 31.5 Å². The zero-order valence-electron chi connectivity index (χ0n) is 17.6. The fourth-order valence-corrected chi connectivity index (χ4v) is 4.34. The van der Waals surface area contributed by atoms with Gasteiger partial charge in [-0.25, -0.2) is 13.8 Å². The number of methoxy groups -OCH3 is 1. The largest absolute Gasteiger partial charge is 0.507 e. The number of nitrogens with zero attached hydrogens (tertiary/aromatic N) is 2. The van der Waals surface area contributed by atoms with Crippen molar-refractivity contribution in [1.29, 1.82) is 0 Å². The number of hydrogen-bond donors (Lipinski definition) is 2. The molecule has 0 saturated carbocycles. The molecule has 3 aromatic carbocycles. The second-order valence-corrected chi connectivity index (χ2v) is 8.71. The van der Waals surface area contributed by atoms with Gasteiger partial charge in [-0.1, -0.05) is 42.0 Å². The van der Waals surface area contributed by atoms with Crippen molar-refractivity contribution in [1.82, 2.24) is 5.43 Å². The molecule has 0 bridgehead atoms. The monoisotopic (exact) mass is 453 g/mol. The maximum Gasteiger partial charge on any atom is 0.264 e.